The van der Waals surface area contributed by atoms with Crippen LogP contribution in [-0.4, -0.2) is 41.4 Å². The van der Waals surface area contributed by atoms with Gasteiger partial charge in [0.2, 0.25) is 11.8 Å². The van der Waals surface area contributed by atoms with E-state index in [-0.39, 0.29) is 42.1 Å². The monoisotopic (exact) mass is 517 g/mol. The zero-order valence-corrected chi connectivity index (χ0v) is 22.2. The molecule has 0 spiro atoms. The van der Waals surface area contributed by atoms with Gasteiger partial charge in [0.25, 0.3) is 0 Å². The molecule has 2 bridgehead atoms. The molecule has 38 heavy (non-hydrogen) atoms. The molecule has 2 aromatic rings. The summed E-state index contributed by atoms with van der Waals surface area (Å²) in [7, 11) is 0. The Morgan fingerprint density at radius 2 is 1.61 bits per heavy atom. The summed E-state index contributed by atoms with van der Waals surface area (Å²) >= 11 is 0. The number of piperidine rings is 1. The molecule has 5 unspecified atom stereocenters. The smallest absolute Gasteiger partial charge is 0.224 e. The second-order valence-electron chi connectivity index (χ2n) is 12.1. The number of carbonyl (C=O) groups excluding carboxylic acids is 2. The molecule has 0 aromatic heterocycles. The third-order valence-corrected chi connectivity index (χ3v) is 9.61. The topological polar surface area (TPSA) is 61.4 Å². The lowest BCUT2D eigenvalue weighted by molar-refractivity contribution is -0.131. The Labute approximate surface area is 225 Å². The highest BCUT2D eigenvalue weighted by molar-refractivity contribution is 5.80. The average molecular weight is 518 g/mol. The first-order valence-corrected chi connectivity index (χ1v) is 14.7. The minimum absolute atomic E-state index is 0.0156. The summed E-state index contributed by atoms with van der Waals surface area (Å²) in [5, 5.41) is 6.70. The first-order chi connectivity index (χ1) is 18.5. The van der Waals surface area contributed by atoms with E-state index in [4.69, 9.17) is 0 Å². The number of halogens is 1. The Bertz CT molecular complexity index is 1110. The summed E-state index contributed by atoms with van der Waals surface area (Å²) in [6, 6.07) is 17.8. The van der Waals surface area contributed by atoms with Gasteiger partial charge in [-0.2, -0.15) is 0 Å². The van der Waals surface area contributed by atoms with Crippen LogP contribution in [0.2, 0.25) is 0 Å². The summed E-state index contributed by atoms with van der Waals surface area (Å²) in [6.07, 6.45) is 10.4. The van der Waals surface area contributed by atoms with Crippen LogP contribution >= 0.6 is 0 Å². The van der Waals surface area contributed by atoms with Crippen molar-refractivity contribution < 1.29 is 14.0 Å². The molecule has 2 amide bonds. The average Bonchev–Trinajstić information content (AvgIpc) is 3.68. The second-order valence-corrected chi connectivity index (χ2v) is 12.1. The van der Waals surface area contributed by atoms with Crippen molar-refractivity contribution in [1.29, 1.82) is 0 Å². The van der Waals surface area contributed by atoms with E-state index in [9.17, 15) is 14.0 Å². The van der Waals surface area contributed by atoms with Crippen LogP contribution in [0.1, 0.15) is 75.0 Å². The third-order valence-electron chi connectivity index (χ3n) is 9.61. The standard InChI is InChI=1S/C32H40FN3O2/c33-24-10-6-21(7-11-24)18-31(37)34-25-19-26-12-13-27(20-25)36(26)17-16-30(23-4-2-1-3-5-23)35-32(38)29-15-14-28(29)22-8-9-22/h1-7,10-11,22,25-30H,8-9,12-20H2,(H,34,37)(H,35,38)/t25?,26-,27?,28?,29?,30?/m0/s1. The van der Waals surface area contributed by atoms with Crippen molar-refractivity contribution in [2.75, 3.05) is 6.54 Å². The minimum atomic E-state index is -0.280. The molecular formula is C32H40FN3O2. The lowest BCUT2D eigenvalue weighted by atomic mass is 9.70. The fourth-order valence-corrected chi connectivity index (χ4v) is 7.33. The third kappa shape index (κ3) is 5.80. The summed E-state index contributed by atoms with van der Waals surface area (Å²) in [5.74, 6) is 1.61. The van der Waals surface area contributed by atoms with E-state index in [2.05, 4.69) is 39.8 Å². The maximum atomic E-state index is 13.3. The largest absolute Gasteiger partial charge is 0.353 e. The Morgan fingerprint density at radius 3 is 2.24 bits per heavy atom. The van der Waals surface area contributed by atoms with Gasteiger partial charge in [-0.3, -0.25) is 14.5 Å². The molecule has 6 rings (SSSR count). The van der Waals surface area contributed by atoms with E-state index in [0.717, 1.165) is 43.7 Å². The number of amides is 2. The predicted octanol–water partition coefficient (Wildman–Crippen LogP) is 5.16. The molecule has 2 heterocycles. The summed E-state index contributed by atoms with van der Waals surface area (Å²) in [5.41, 5.74) is 2.03. The quantitative estimate of drug-likeness (QED) is 0.458. The van der Waals surface area contributed by atoms with Crippen LogP contribution in [0.25, 0.3) is 0 Å². The molecule has 2 aliphatic carbocycles. The van der Waals surface area contributed by atoms with E-state index < -0.39 is 0 Å². The highest BCUT2D eigenvalue weighted by Gasteiger charge is 2.46. The Kier molecular flexibility index (Phi) is 7.51. The van der Waals surface area contributed by atoms with Crippen molar-refractivity contribution in [3.63, 3.8) is 0 Å². The van der Waals surface area contributed by atoms with Gasteiger partial charge in [0.1, 0.15) is 5.82 Å². The highest BCUT2D eigenvalue weighted by Crippen LogP contribution is 2.50. The summed E-state index contributed by atoms with van der Waals surface area (Å²) in [4.78, 5) is 28.5. The summed E-state index contributed by atoms with van der Waals surface area (Å²) in [6.45, 7) is 0.960. The van der Waals surface area contributed by atoms with Crippen LogP contribution in [0.4, 0.5) is 4.39 Å². The fraction of sp³-hybridized carbons (Fsp3) is 0.562. The Balaban J connectivity index is 1.03. The molecule has 5 nitrogen and oxygen atoms in total. The van der Waals surface area contributed by atoms with Crippen LogP contribution < -0.4 is 10.6 Å². The SMILES string of the molecule is O=C(Cc1ccc(F)cc1)NC1CC2CC[C@@H](C1)N2CCC(NC(=O)C1CCC1C1CC1)c1ccccc1. The first kappa shape index (κ1) is 25.5. The number of carbonyl (C=O) groups is 2. The molecule has 6 atom stereocenters. The van der Waals surface area contributed by atoms with Crippen molar-refractivity contribution in [3.8, 4) is 0 Å². The zero-order valence-electron chi connectivity index (χ0n) is 22.2. The molecular weight excluding hydrogens is 477 g/mol. The molecule has 2 saturated carbocycles. The molecule has 4 aliphatic rings. The van der Waals surface area contributed by atoms with E-state index in [1.165, 1.54) is 49.8 Å². The molecule has 2 saturated heterocycles. The van der Waals surface area contributed by atoms with Gasteiger partial charge in [0, 0.05) is 30.6 Å². The number of hydrogen-bond donors (Lipinski definition) is 2. The van der Waals surface area contributed by atoms with Gasteiger partial charge in [-0.1, -0.05) is 42.5 Å². The van der Waals surface area contributed by atoms with E-state index in [0.29, 0.717) is 18.0 Å². The summed E-state index contributed by atoms with van der Waals surface area (Å²) < 4.78 is 13.2. The fourth-order valence-electron chi connectivity index (χ4n) is 7.33. The molecule has 2 N–H and O–H groups in total. The van der Waals surface area contributed by atoms with Gasteiger partial charge in [-0.05, 0) is 92.9 Å². The molecule has 6 heteroatoms. The normalized spacial score (nSPS) is 29.3. The number of nitrogens with one attached hydrogen (secondary N) is 2. The second kappa shape index (κ2) is 11.2. The first-order valence-electron chi connectivity index (χ1n) is 14.7. The maximum absolute atomic E-state index is 13.3. The van der Waals surface area contributed by atoms with Crippen molar-refractivity contribution in [2.24, 2.45) is 17.8 Å². The van der Waals surface area contributed by atoms with E-state index in [1.807, 2.05) is 6.07 Å². The van der Waals surface area contributed by atoms with Crippen LogP contribution in [0, 0.1) is 23.6 Å². The lowest BCUT2D eigenvalue weighted by Crippen LogP contribution is -2.51. The minimum Gasteiger partial charge on any atom is -0.353 e. The van der Waals surface area contributed by atoms with Gasteiger partial charge >= 0.3 is 0 Å². The Hall–Kier alpha value is -2.73. The Morgan fingerprint density at radius 1 is 0.895 bits per heavy atom. The van der Waals surface area contributed by atoms with Crippen LogP contribution in [0.15, 0.2) is 54.6 Å². The number of rotatable bonds is 10. The number of hydrogen-bond acceptors (Lipinski definition) is 3. The molecule has 202 valence electrons. The zero-order chi connectivity index (χ0) is 26.1. The van der Waals surface area contributed by atoms with Gasteiger partial charge in [0.05, 0.1) is 12.5 Å². The van der Waals surface area contributed by atoms with Crippen LogP contribution in [-0.2, 0) is 16.0 Å². The van der Waals surface area contributed by atoms with Crippen molar-refractivity contribution in [3.05, 3.63) is 71.5 Å². The maximum Gasteiger partial charge on any atom is 0.224 e. The molecule has 0 radical (unpaired) electrons. The molecule has 4 fully saturated rings. The molecule has 2 aliphatic heterocycles. The molecule has 2 aromatic carbocycles. The van der Waals surface area contributed by atoms with Gasteiger partial charge in [-0.25, -0.2) is 4.39 Å². The number of fused-ring (bicyclic) bond motifs is 2. The van der Waals surface area contributed by atoms with Gasteiger partial charge < -0.3 is 10.6 Å². The predicted molar refractivity (Wildman–Crippen MR) is 146 cm³/mol. The number of nitrogens with zero attached hydrogens (tertiary/aromatic N) is 1. The highest BCUT2D eigenvalue weighted by atomic mass is 19.1. The van der Waals surface area contributed by atoms with E-state index >= 15 is 0 Å². The van der Waals surface area contributed by atoms with Gasteiger partial charge in [-0.15, -0.1) is 0 Å². The lowest BCUT2D eigenvalue weighted by Gasteiger charge is -2.40. The van der Waals surface area contributed by atoms with E-state index in [1.54, 1.807) is 12.1 Å². The van der Waals surface area contributed by atoms with Crippen molar-refractivity contribution in [2.45, 2.75) is 88.4 Å². The number of benzene rings is 2. The van der Waals surface area contributed by atoms with Crippen LogP contribution in [0.5, 0.6) is 0 Å². The van der Waals surface area contributed by atoms with Crippen molar-refractivity contribution in [1.82, 2.24) is 15.5 Å². The van der Waals surface area contributed by atoms with Crippen LogP contribution in [0.3, 0.4) is 0 Å². The van der Waals surface area contributed by atoms with Crippen molar-refractivity contribution >= 4 is 11.8 Å². The van der Waals surface area contributed by atoms with Gasteiger partial charge in [0.15, 0.2) is 0 Å².